The van der Waals surface area contributed by atoms with E-state index >= 15 is 0 Å². The molecule has 2 nitrogen and oxygen atoms in total. The van der Waals surface area contributed by atoms with E-state index in [0.29, 0.717) is 0 Å². The minimum atomic E-state index is 0. The van der Waals surface area contributed by atoms with Crippen LogP contribution in [0.2, 0.25) is 0 Å². The van der Waals surface area contributed by atoms with E-state index in [2.05, 4.69) is 46.3 Å². The summed E-state index contributed by atoms with van der Waals surface area (Å²) < 4.78 is 0. The number of aryl methyl sites for hydroxylation is 1. The Kier molecular flexibility index (Phi) is 4.80. The van der Waals surface area contributed by atoms with Crippen molar-refractivity contribution < 1.29 is 0 Å². The summed E-state index contributed by atoms with van der Waals surface area (Å²) in [5.74, 6) is 1.62. The van der Waals surface area contributed by atoms with E-state index < -0.39 is 0 Å². The van der Waals surface area contributed by atoms with Crippen molar-refractivity contribution in [3.63, 3.8) is 0 Å². The molecule has 0 saturated carbocycles. The molecule has 0 unspecified atom stereocenters. The Morgan fingerprint density at radius 2 is 1.91 bits per heavy atom. The number of halogens is 1. The summed E-state index contributed by atoms with van der Waals surface area (Å²) >= 11 is 0. The molecule has 1 aliphatic carbocycles. The molecule has 0 radical (unpaired) electrons. The summed E-state index contributed by atoms with van der Waals surface area (Å²) in [6, 6.07) is 15.3. The molecule has 0 N–H and O–H groups in total. The Labute approximate surface area is 139 Å². The van der Waals surface area contributed by atoms with Crippen LogP contribution in [0.3, 0.4) is 0 Å². The first kappa shape index (κ1) is 15.5. The molecule has 1 saturated heterocycles. The molecule has 1 aliphatic heterocycles. The van der Waals surface area contributed by atoms with Crippen LogP contribution in [0.25, 0.3) is 0 Å². The molecule has 1 aromatic heterocycles. The highest BCUT2D eigenvalue weighted by atomic mass is 35.5. The van der Waals surface area contributed by atoms with Crippen molar-refractivity contribution in [1.82, 2.24) is 9.88 Å². The monoisotopic (exact) mass is 314 g/mol. The minimum absolute atomic E-state index is 0. The second-order valence-electron chi connectivity index (χ2n) is 6.45. The lowest BCUT2D eigenvalue weighted by atomic mass is 9.71. The second kappa shape index (κ2) is 6.80. The molecule has 0 bridgehead atoms. The number of hydrogen-bond donors (Lipinski definition) is 0. The van der Waals surface area contributed by atoms with Gasteiger partial charge in [-0.15, -0.1) is 12.4 Å². The zero-order valence-electron chi connectivity index (χ0n) is 12.8. The van der Waals surface area contributed by atoms with Gasteiger partial charge in [-0.05, 0) is 60.9 Å². The van der Waals surface area contributed by atoms with Crippen LogP contribution in [-0.4, -0.2) is 23.0 Å². The smallest absolute Gasteiger partial charge is 0.0543 e. The molecule has 1 fully saturated rings. The van der Waals surface area contributed by atoms with Crippen molar-refractivity contribution in [1.29, 1.82) is 0 Å². The van der Waals surface area contributed by atoms with Crippen molar-refractivity contribution in [2.24, 2.45) is 5.92 Å². The number of likely N-dealkylation sites (tertiary alicyclic amines) is 1. The van der Waals surface area contributed by atoms with Crippen molar-refractivity contribution in [2.45, 2.75) is 31.7 Å². The van der Waals surface area contributed by atoms with Crippen molar-refractivity contribution in [3.05, 3.63) is 65.5 Å². The number of rotatable bonds is 2. The third kappa shape index (κ3) is 3.04. The first-order valence-electron chi connectivity index (χ1n) is 8.10. The second-order valence-corrected chi connectivity index (χ2v) is 6.45. The van der Waals surface area contributed by atoms with E-state index in [-0.39, 0.29) is 12.4 Å². The van der Waals surface area contributed by atoms with E-state index in [9.17, 15) is 0 Å². The number of pyridine rings is 1. The number of piperidine rings is 1. The highest BCUT2D eigenvalue weighted by Crippen LogP contribution is 2.41. The normalized spacial score (nSPS) is 24.0. The fourth-order valence-electron chi connectivity index (χ4n) is 4.14. The van der Waals surface area contributed by atoms with Gasteiger partial charge in [0.15, 0.2) is 0 Å². The topological polar surface area (TPSA) is 16.1 Å². The lowest BCUT2D eigenvalue weighted by Crippen LogP contribution is -2.41. The van der Waals surface area contributed by atoms with E-state index in [1.807, 2.05) is 12.3 Å². The summed E-state index contributed by atoms with van der Waals surface area (Å²) in [7, 11) is 0. The Hall–Kier alpha value is -1.38. The van der Waals surface area contributed by atoms with Crippen LogP contribution in [0, 0.1) is 5.92 Å². The summed E-state index contributed by atoms with van der Waals surface area (Å²) in [6.45, 7) is 3.44. The van der Waals surface area contributed by atoms with Gasteiger partial charge in [0.2, 0.25) is 0 Å². The zero-order chi connectivity index (χ0) is 14.1. The van der Waals surface area contributed by atoms with Gasteiger partial charge >= 0.3 is 0 Å². The summed E-state index contributed by atoms with van der Waals surface area (Å²) in [4.78, 5) is 7.07. The van der Waals surface area contributed by atoms with Crippen molar-refractivity contribution in [3.8, 4) is 0 Å². The van der Waals surface area contributed by atoms with Gasteiger partial charge in [0, 0.05) is 19.3 Å². The number of benzene rings is 1. The Bertz CT molecular complexity index is 614. The molecular formula is C19H23ClN2. The number of aromatic nitrogens is 1. The molecule has 2 heterocycles. The van der Waals surface area contributed by atoms with E-state index in [4.69, 9.17) is 0 Å². The van der Waals surface area contributed by atoms with Gasteiger partial charge in [-0.1, -0.05) is 30.3 Å². The number of fused-ring (bicyclic) bond motifs is 3. The SMILES string of the molecule is Cl.c1ccc(CN2CC[C@H]3c4ccccc4CC[C@H]3C2)nc1. The van der Waals surface area contributed by atoms with Gasteiger partial charge in [-0.3, -0.25) is 9.88 Å². The lowest BCUT2D eigenvalue weighted by molar-refractivity contribution is 0.133. The third-order valence-corrected chi connectivity index (χ3v) is 5.17. The van der Waals surface area contributed by atoms with Gasteiger partial charge in [-0.2, -0.15) is 0 Å². The quantitative estimate of drug-likeness (QED) is 0.831. The van der Waals surface area contributed by atoms with Crippen LogP contribution in [0.5, 0.6) is 0 Å². The van der Waals surface area contributed by atoms with E-state index in [1.54, 1.807) is 11.1 Å². The van der Waals surface area contributed by atoms with Crippen LogP contribution in [0.1, 0.15) is 35.6 Å². The maximum atomic E-state index is 4.47. The largest absolute Gasteiger partial charge is 0.297 e. The minimum Gasteiger partial charge on any atom is -0.297 e. The summed E-state index contributed by atoms with van der Waals surface area (Å²) in [6.07, 6.45) is 5.81. The molecule has 3 heteroatoms. The Morgan fingerprint density at radius 3 is 2.77 bits per heavy atom. The van der Waals surface area contributed by atoms with Gasteiger partial charge in [0.1, 0.15) is 0 Å². The Morgan fingerprint density at radius 1 is 1.05 bits per heavy atom. The Balaban J connectivity index is 0.00000144. The highest BCUT2D eigenvalue weighted by Gasteiger charge is 2.34. The molecule has 2 aromatic rings. The van der Waals surface area contributed by atoms with Crippen LogP contribution in [-0.2, 0) is 13.0 Å². The predicted octanol–water partition coefficient (Wildman–Crippen LogP) is 4.06. The maximum Gasteiger partial charge on any atom is 0.0543 e. The standard InChI is InChI=1S/C19H22N2.ClH/c1-2-7-18-15(5-1)8-9-16-13-21(12-10-19(16)18)14-17-6-3-4-11-20-17;/h1-7,11,16,19H,8-10,12-14H2;1H/t16-,19+;/m0./s1. The number of hydrogen-bond acceptors (Lipinski definition) is 2. The van der Waals surface area contributed by atoms with Gasteiger partial charge < -0.3 is 0 Å². The average Bonchev–Trinajstić information content (AvgIpc) is 2.55. The highest BCUT2D eigenvalue weighted by molar-refractivity contribution is 5.85. The van der Waals surface area contributed by atoms with Gasteiger partial charge in [-0.25, -0.2) is 0 Å². The molecule has 2 atom stereocenters. The molecule has 22 heavy (non-hydrogen) atoms. The van der Waals surface area contributed by atoms with Crippen LogP contribution < -0.4 is 0 Å². The van der Waals surface area contributed by atoms with Crippen LogP contribution in [0.15, 0.2) is 48.7 Å². The predicted molar refractivity (Wildman–Crippen MR) is 92.4 cm³/mol. The van der Waals surface area contributed by atoms with Crippen molar-refractivity contribution in [2.75, 3.05) is 13.1 Å². The molecule has 116 valence electrons. The average molecular weight is 315 g/mol. The summed E-state index contributed by atoms with van der Waals surface area (Å²) in [5, 5.41) is 0. The van der Waals surface area contributed by atoms with Crippen LogP contribution >= 0.6 is 12.4 Å². The third-order valence-electron chi connectivity index (χ3n) is 5.17. The van der Waals surface area contributed by atoms with E-state index in [1.165, 1.54) is 38.0 Å². The van der Waals surface area contributed by atoms with Crippen molar-refractivity contribution >= 4 is 12.4 Å². The molecule has 0 amide bonds. The lowest BCUT2D eigenvalue weighted by Gasteiger charge is -2.42. The number of nitrogens with zero attached hydrogens (tertiary/aromatic N) is 2. The molecular weight excluding hydrogens is 292 g/mol. The van der Waals surface area contributed by atoms with Gasteiger partial charge in [0.05, 0.1) is 5.69 Å². The molecule has 2 aliphatic rings. The first-order valence-corrected chi connectivity index (χ1v) is 8.10. The molecule has 4 rings (SSSR count). The maximum absolute atomic E-state index is 4.47. The van der Waals surface area contributed by atoms with Crippen LogP contribution in [0.4, 0.5) is 0 Å². The fraction of sp³-hybridized carbons (Fsp3) is 0.421. The first-order chi connectivity index (χ1) is 10.4. The fourth-order valence-corrected chi connectivity index (χ4v) is 4.14. The van der Waals surface area contributed by atoms with Gasteiger partial charge in [0.25, 0.3) is 0 Å². The molecule has 1 aromatic carbocycles. The zero-order valence-corrected chi connectivity index (χ0v) is 13.6. The molecule has 0 spiro atoms. The van der Waals surface area contributed by atoms with E-state index in [0.717, 1.165) is 18.4 Å². The summed E-state index contributed by atoms with van der Waals surface area (Å²) in [5.41, 5.74) is 4.43.